The van der Waals surface area contributed by atoms with Gasteiger partial charge in [-0.05, 0) is 11.6 Å². The van der Waals surface area contributed by atoms with Crippen LogP contribution in [0.2, 0.25) is 5.02 Å². The van der Waals surface area contributed by atoms with Gasteiger partial charge in [-0.2, -0.15) is 11.8 Å². The monoisotopic (exact) mass is 258 g/mol. The maximum Gasteiger partial charge on any atom is 0.0873 e. The van der Waals surface area contributed by atoms with E-state index in [-0.39, 0.29) is 12.1 Å². The number of hydrogen-bond acceptors (Lipinski definition) is 4. The predicted molar refractivity (Wildman–Crippen MR) is 68.6 cm³/mol. The Morgan fingerprint density at radius 1 is 1.50 bits per heavy atom. The Morgan fingerprint density at radius 3 is 2.94 bits per heavy atom. The molecule has 0 amide bonds. The summed E-state index contributed by atoms with van der Waals surface area (Å²) < 4.78 is 5.72. The van der Waals surface area contributed by atoms with Crippen molar-refractivity contribution in [3.63, 3.8) is 0 Å². The Morgan fingerprint density at radius 2 is 2.31 bits per heavy atom. The fraction of sp³-hybridized carbons (Fsp3) is 0.455. The highest BCUT2D eigenvalue weighted by Gasteiger charge is 2.26. The van der Waals surface area contributed by atoms with Gasteiger partial charge in [-0.3, -0.25) is 11.3 Å². The number of ether oxygens (including phenoxy) is 1. The summed E-state index contributed by atoms with van der Waals surface area (Å²) in [5.41, 5.74) is 3.81. The molecule has 2 unspecified atom stereocenters. The molecule has 1 aliphatic rings. The minimum Gasteiger partial charge on any atom is -0.374 e. The molecule has 0 bridgehead atoms. The Balaban J connectivity index is 2.18. The van der Waals surface area contributed by atoms with Gasteiger partial charge in [0.2, 0.25) is 0 Å². The highest BCUT2D eigenvalue weighted by molar-refractivity contribution is 7.99. The summed E-state index contributed by atoms with van der Waals surface area (Å²) in [6.45, 7) is 0.776. The van der Waals surface area contributed by atoms with Crippen molar-refractivity contribution in [3.05, 3.63) is 34.9 Å². The Labute approximate surface area is 105 Å². The molecule has 1 aromatic carbocycles. The summed E-state index contributed by atoms with van der Waals surface area (Å²) in [4.78, 5) is 0. The van der Waals surface area contributed by atoms with E-state index in [0.29, 0.717) is 0 Å². The van der Waals surface area contributed by atoms with Crippen molar-refractivity contribution in [2.24, 2.45) is 5.84 Å². The summed E-state index contributed by atoms with van der Waals surface area (Å²) in [6, 6.07) is 7.69. The summed E-state index contributed by atoms with van der Waals surface area (Å²) in [5.74, 6) is 7.60. The van der Waals surface area contributed by atoms with Gasteiger partial charge in [-0.1, -0.05) is 29.8 Å². The van der Waals surface area contributed by atoms with Crippen molar-refractivity contribution in [2.45, 2.75) is 12.1 Å². The third-order valence-corrected chi connectivity index (χ3v) is 4.00. The number of benzene rings is 1. The van der Waals surface area contributed by atoms with Crippen LogP contribution in [0.5, 0.6) is 0 Å². The summed E-state index contributed by atoms with van der Waals surface area (Å²) >= 11 is 8.04. The summed E-state index contributed by atoms with van der Waals surface area (Å²) in [7, 11) is 0. The fourth-order valence-corrected chi connectivity index (χ4v) is 2.98. The normalized spacial score (nSPS) is 23.0. The first kappa shape index (κ1) is 12.2. The molecular weight excluding hydrogens is 244 g/mol. The lowest BCUT2D eigenvalue weighted by Gasteiger charge is -2.30. The van der Waals surface area contributed by atoms with Crippen LogP contribution in [-0.4, -0.2) is 24.2 Å². The first-order valence-electron chi connectivity index (χ1n) is 5.23. The topological polar surface area (TPSA) is 47.3 Å². The van der Waals surface area contributed by atoms with Crippen molar-refractivity contribution in [1.29, 1.82) is 0 Å². The molecule has 1 heterocycles. The number of rotatable bonds is 3. The van der Waals surface area contributed by atoms with E-state index < -0.39 is 0 Å². The molecule has 1 aliphatic heterocycles. The van der Waals surface area contributed by atoms with E-state index in [0.717, 1.165) is 28.7 Å². The largest absolute Gasteiger partial charge is 0.374 e. The number of nitrogens with one attached hydrogen (secondary N) is 1. The van der Waals surface area contributed by atoms with Gasteiger partial charge in [0.1, 0.15) is 0 Å². The van der Waals surface area contributed by atoms with Gasteiger partial charge >= 0.3 is 0 Å². The molecule has 1 fully saturated rings. The smallest absolute Gasteiger partial charge is 0.0873 e. The molecule has 1 aromatic rings. The lowest BCUT2D eigenvalue weighted by molar-refractivity contribution is 0.0468. The highest BCUT2D eigenvalue weighted by Crippen LogP contribution is 2.29. The van der Waals surface area contributed by atoms with Gasteiger partial charge in [0.05, 0.1) is 18.8 Å². The van der Waals surface area contributed by atoms with Gasteiger partial charge in [-0.15, -0.1) is 0 Å². The molecular formula is C11H15ClN2OS. The minimum atomic E-state index is -0.0403. The van der Waals surface area contributed by atoms with Crippen molar-refractivity contribution >= 4 is 23.4 Å². The van der Waals surface area contributed by atoms with Crippen LogP contribution in [0.3, 0.4) is 0 Å². The Hall–Kier alpha value is -0.260. The van der Waals surface area contributed by atoms with Gasteiger partial charge in [-0.25, -0.2) is 0 Å². The second kappa shape index (κ2) is 5.89. The molecule has 1 saturated heterocycles. The predicted octanol–water partition coefficient (Wildman–Crippen LogP) is 1.98. The van der Waals surface area contributed by atoms with E-state index in [9.17, 15) is 0 Å². The van der Waals surface area contributed by atoms with Crippen LogP contribution >= 0.6 is 23.4 Å². The zero-order valence-electron chi connectivity index (χ0n) is 8.86. The molecule has 0 aliphatic carbocycles. The van der Waals surface area contributed by atoms with Gasteiger partial charge in [0.15, 0.2) is 0 Å². The van der Waals surface area contributed by atoms with E-state index >= 15 is 0 Å². The average molecular weight is 259 g/mol. The van der Waals surface area contributed by atoms with Crippen LogP contribution in [0.25, 0.3) is 0 Å². The lowest BCUT2D eigenvalue weighted by Crippen LogP contribution is -2.41. The van der Waals surface area contributed by atoms with Crippen LogP contribution in [-0.2, 0) is 4.74 Å². The molecule has 0 radical (unpaired) electrons. The highest BCUT2D eigenvalue weighted by atomic mass is 35.5. The molecule has 0 saturated carbocycles. The quantitative estimate of drug-likeness (QED) is 0.643. The molecule has 2 rings (SSSR count). The van der Waals surface area contributed by atoms with Gasteiger partial charge in [0, 0.05) is 16.5 Å². The molecule has 0 spiro atoms. The summed E-state index contributed by atoms with van der Waals surface area (Å²) in [5, 5.41) is 0.727. The first-order valence-corrected chi connectivity index (χ1v) is 6.76. The molecule has 16 heavy (non-hydrogen) atoms. The zero-order valence-corrected chi connectivity index (χ0v) is 10.4. The summed E-state index contributed by atoms with van der Waals surface area (Å²) in [6.07, 6.45) is 0.0867. The molecule has 3 N–H and O–H groups in total. The Bertz CT molecular complexity index is 345. The maximum absolute atomic E-state index is 6.16. The van der Waals surface area contributed by atoms with E-state index in [1.807, 2.05) is 36.0 Å². The number of hydrogen-bond donors (Lipinski definition) is 2. The van der Waals surface area contributed by atoms with Gasteiger partial charge in [0.25, 0.3) is 0 Å². The number of thioether (sulfide) groups is 1. The Kier molecular flexibility index (Phi) is 4.49. The third-order valence-electron chi connectivity index (χ3n) is 2.63. The van der Waals surface area contributed by atoms with Crippen LogP contribution < -0.4 is 11.3 Å². The van der Waals surface area contributed by atoms with Crippen LogP contribution in [0.15, 0.2) is 24.3 Å². The van der Waals surface area contributed by atoms with Crippen LogP contribution in [0.1, 0.15) is 11.6 Å². The van der Waals surface area contributed by atoms with E-state index in [4.69, 9.17) is 22.2 Å². The van der Waals surface area contributed by atoms with E-state index in [1.165, 1.54) is 0 Å². The number of halogens is 1. The first-order chi connectivity index (χ1) is 7.83. The third kappa shape index (κ3) is 2.70. The number of nitrogens with two attached hydrogens (primary N) is 1. The maximum atomic E-state index is 6.16. The molecule has 5 heteroatoms. The van der Waals surface area contributed by atoms with Crippen molar-refractivity contribution in [2.75, 3.05) is 18.1 Å². The van der Waals surface area contributed by atoms with Crippen LogP contribution in [0.4, 0.5) is 0 Å². The molecule has 0 aromatic heterocycles. The van der Waals surface area contributed by atoms with Gasteiger partial charge < -0.3 is 4.74 Å². The van der Waals surface area contributed by atoms with E-state index in [1.54, 1.807) is 0 Å². The molecule has 2 atom stereocenters. The minimum absolute atomic E-state index is 0.0403. The lowest BCUT2D eigenvalue weighted by atomic mass is 10.0. The SMILES string of the molecule is NNC(c1ccccc1Cl)C1CSCCO1. The van der Waals surface area contributed by atoms with Crippen molar-refractivity contribution < 1.29 is 4.74 Å². The standard InChI is InChI=1S/C11H15ClN2OS/c12-9-4-2-1-3-8(9)11(14-13)10-7-16-6-5-15-10/h1-4,10-11,14H,5-7,13H2. The van der Waals surface area contributed by atoms with Crippen molar-refractivity contribution in [3.8, 4) is 0 Å². The number of hydrazine groups is 1. The van der Waals surface area contributed by atoms with E-state index in [2.05, 4.69) is 5.43 Å². The fourth-order valence-electron chi connectivity index (χ4n) is 1.82. The second-order valence-corrected chi connectivity index (χ2v) is 5.21. The zero-order chi connectivity index (χ0) is 11.4. The van der Waals surface area contributed by atoms with Crippen LogP contribution in [0, 0.1) is 0 Å². The molecule has 3 nitrogen and oxygen atoms in total. The second-order valence-electron chi connectivity index (χ2n) is 3.65. The average Bonchev–Trinajstić information content (AvgIpc) is 2.34. The molecule has 88 valence electrons. The van der Waals surface area contributed by atoms with Crippen molar-refractivity contribution in [1.82, 2.24) is 5.43 Å².